The second-order valence-corrected chi connectivity index (χ2v) is 4.24. The molecule has 98 valence electrons. The number of nitrogens with zero attached hydrogens (tertiary/aromatic N) is 2. The molecular weight excluding hydrogens is 266 g/mol. The number of hydrogen-bond acceptors (Lipinski definition) is 5. The maximum absolute atomic E-state index is 11.2. The maximum atomic E-state index is 11.2. The van der Waals surface area contributed by atoms with Crippen LogP contribution in [0.5, 0.6) is 0 Å². The van der Waals surface area contributed by atoms with Gasteiger partial charge in [0.15, 0.2) is 5.69 Å². The van der Waals surface area contributed by atoms with Crippen molar-refractivity contribution in [2.75, 3.05) is 12.4 Å². The van der Waals surface area contributed by atoms with Crippen LogP contribution in [0.1, 0.15) is 16.1 Å². The molecule has 0 bridgehead atoms. The number of benzene rings is 1. The number of ether oxygens (including phenoxy) is 1. The Labute approximate surface area is 115 Å². The molecule has 0 aliphatic carbocycles. The van der Waals surface area contributed by atoms with Gasteiger partial charge in [0.05, 0.1) is 30.2 Å². The van der Waals surface area contributed by atoms with E-state index in [0.717, 1.165) is 11.3 Å². The third-order valence-electron chi connectivity index (χ3n) is 2.52. The fraction of sp³-hybridized carbons (Fsp3) is 0.154. The first-order valence-electron chi connectivity index (χ1n) is 5.54. The van der Waals surface area contributed by atoms with Crippen molar-refractivity contribution in [3.63, 3.8) is 0 Å². The van der Waals surface area contributed by atoms with E-state index < -0.39 is 5.97 Å². The zero-order valence-corrected chi connectivity index (χ0v) is 11.2. The van der Waals surface area contributed by atoms with Gasteiger partial charge in [-0.3, -0.25) is 0 Å². The summed E-state index contributed by atoms with van der Waals surface area (Å²) in [5, 5.41) is 3.66. The highest BCUT2D eigenvalue weighted by Crippen LogP contribution is 2.27. The molecular formula is C13H12ClN3O2. The van der Waals surface area contributed by atoms with Crippen LogP contribution in [0, 0.1) is 6.92 Å². The first-order chi connectivity index (χ1) is 9.11. The van der Waals surface area contributed by atoms with Crippen molar-refractivity contribution < 1.29 is 9.53 Å². The molecule has 0 saturated carbocycles. The lowest BCUT2D eigenvalue weighted by molar-refractivity contribution is 0.0593. The van der Waals surface area contributed by atoms with Gasteiger partial charge in [-0.05, 0) is 18.6 Å². The molecule has 1 aromatic carbocycles. The molecule has 0 atom stereocenters. The van der Waals surface area contributed by atoms with E-state index in [1.807, 2.05) is 19.1 Å². The molecule has 0 unspecified atom stereocenters. The van der Waals surface area contributed by atoms with Crippen molar-refractivity contribution in [1.82, 2.24) is 9.97 Å². The van der Waals surface area contributed by atoms with Crippen molar-refractivity contribution in [2.24, 2.45) is 0 Å². The molecule has 1 heterocycles. The fourth-order valence-electron chi connectivity index (χ4n) is 1.52. The summed E-state index contributed by atoms with van der Waals surface area (Å²) >= 11 is 6.10. The Morgan fingerprint density at radius 3 is 2.68 bits per heavy atom. The van der Waals surface area contributed by atoms with Gasteiger partial charge in [-0.25, -0.2) is 14.8 Å². The van der Waals surface area contributed by atoms with Gasteiger partial charge in [0.2, 0.25) is 0 Å². The number of carbonyl (C=O) groups excluding carboxylic acids is 1. The predicted octanol–water partition coefficient (Wildman–Crippen LogP) is 2.97. The summed E-state index contributed by atoms with van der Waals surface area (Å²) in [6.45, 7) is 1.93. The molecule has 2 aromatic rings. The van der Waals surface area contributed by atoms with Crippen molar-refractivity contribution in [2.45, 2.75) is 6.92 Å². The molecule has 0 saturated heterocycles. The molecule has 1 N–H and O–H groups in total. The quantitative estimate of drug-likeness (QED) is 0.874. The van der Waals surface area contributed by atoms with Crippen LogP contribution < -0.4 is 5.32 Å². The molecule has 1 aromatic heterocycles. The van der Waals surface area contributed by atoms with Crippen LogP contribution in [0.2, 0.25) is 5.02 Å². The highest BCUT2D eigenvalue weighted by Gasteiger charge is 2.09. The fourth-order valence-corrected chi connectivity index (χ4v) is 1.79. The average Bonchev–Trinajstić information content (AvgIpc) is 2.43. The Hall–Kier alpha value is -2.14. The van der Waals surface area contributed by atoms with Gasteiger partial charge in [-0.15, -0.1) is 0 Å². The number of aromatic nitrogens is 2. The zero-order valence-electron chi connectivity index (χ0n) is 10.5. The van der Waals surface area contributed by atoms with Crippen LogP contribution in [0.25, 0.3) is 0 Å². The summed E-state index contributed by atoms with van der Waals surface area (Å²) in [7, 11) is 1.29. The van der Waals surface area contributed by atoms with Crippen molar-refractivity contribution in [3.8, 4) is 0 Å². The van der Waals surface area contributed by atoms with Crippen LogP contribution in [0.15, 0.2) is 30.6 Å². The lowest BCUT2D eigenvalue weighted by Crippen LogP contribution is -2.06. The van der Waals surface area contributed by atoms with Crippen molar-refractivity contribution in [1.29, 1.82) is 0 Å². The largest absolute Gasteiger partial charge is 0.464 e. The maximum Gasteiger partial charge on any atom is 0.358 e. The van der Waals surface area contributed by atoms with Gasteiger partial charge in [0.1, 0.15) is 5.82 Å². The molecule has 5 nitrogen and oxygen atoms in total. The lowest BCUT2D eigenvalue weighted by atomic mass is 10.2. The second kappa shape index (κ2) is 5.67. The van der Waals surface area contributed by atoms with E-state index in [4.69, 9.17) is 11.6 Å². The smallest absolute Gasteiger partial charge is 0.358 e. The Morgan fingerprint density at radius 2 is 2.11 bits per heavy atom. The second-order valence-electron chi connectivity index (χ2n) is 3.84. The molecule has 0 aliphatic heterocycles. The molecule has 0 fully saturated rings. The van der Waals surface area contributed by atoms with E-state index in [1.165, 1.54) is 19.5 Å². The monoisotopic (exact) mass is 277 g/mol. The van der Waals surface area contributed by atoms with Gasteiger partial charge in [-0.2, -0.15) is 0 Å². The Bertz CT molecular complexity index is 579. The molecule has 0 spiro atoms. The Morgan fingerprint density at radius 1 is 1.32 bits per heavy atom. The zero-order chi connectivity index (χ0) is 13.8. The minimum atomic E-state index is -0.520. The summed E-state index contributed by atoms with van der Waals surface area (Å²) in [6, 6.07) is 5.59. The van der Waals surface area contributed by atoms with Crippen LogP contribution in [0.3, 0.4) is 0 Å². The van der Waals surface area contributed by atoms with Gasteiger partial charge in [0, 0.05) is 0 Å². The molecule has 6 heteroatoms. The van der Waals surface area contributed by atoms with Gasteiger partial charge in [-0.1, -0.05) is 23.7 Å². The summed E-state index contributed by atoms with van der Waals surface area (Å²) < 4.78 is 4.55. The minimum absolute atomic E-state index is 0.156. The van der Waals surface area contributed by atoms with E-state index >= 15 is 0 Å². The summed E-state index contributed by atoms with van der Waals surface area (Å²) in [5.74, 6) is -0.0168. The molecule has 0 aliphatic rings. The summed E-state index contributed by atoms with van der Waals surface area (Å²) in [6.07, 6.45) is 2.80. The number of esters is 1. The van der Waals surface area contributed by atoms with Gasteiger partial charge in [0.25, 0.3) is 0 Å². The normalized spacial score (nSPS) is 10.1. The predicted molar refractivity (Wildman–Crippen MR) is 72.8 cm³/mol. The van der Waals surface area contributed by atoms with E-state index in [2.05, 4.69) is 20.0 Å². The van der Waals surface area contributed by atoms with Crippen LogP contribution in [-0.4, -0.2) is 23.0 Å². The highest BCUT2D eigenvalue weighted by molar-refractivity contribution is 6.33. The number of methoxy groups -OCH3 is 1. The summed E-state index contributed by atoms with van der Waals surface area (Å²) in [4.78, 5) is 19.3. The number of anilines is 2. The van der Waals surface area contributed by atoms with Crippen LogP contribution >= 0.6 is 11.6 Å². The number of hydrogen-bond donors (Lipinski definition) is 1. The SMILES string of the molecule is COC(=O)c1cnc(Nc2c(C)cccc2Cl)cn1. The number of aryl methyl sites for hydroxylation is 1. The van der Waals surface area contributed by atoms with E-state index in [0.29, 0.717) is 10.8 Å². The number of nitrogens with one attached hydrogen (secondary N) is 1. The molecule has 2 rings (SSSR count). The summed E-state index contributed by atoms with van der Waals surface area (Å²) in [5.41, 5.74) is 1.92. The Kier molecular flexibility index (Phi) is 3.97. The van der Waals surface area contributed by atoms with E-state index in [9.17, 15) is 4.79 Å². The van der Waals surface area contributed by atoms with E-state index in [-0.39, 0.29) is 5.69 Å². The molecule has 0 amide bonds. The number of rotatable bonds is 3. The standard InChI is InChI=1S/C13H12ClN3O2/c1-8-4-3-5-9(14)12(8)17-11-7-15-10(6-16-11)13(18)19-2/h3-7H,1-2H3,(H,16,17). The van der Waals surface area contributed by atoms with E-state index in [1.54, 1.807) is 6.07 Å². The third-order valence-corrected chi connectivity index (χ3v) is 2.84. The first kappa shape index (κ1) is 13.3. The van der Waals surface area contributed by atoms with Crippen molar-refractivity contribution >= 4 is 29.1 Å². The first-order valence-corrected chi connectivity index (χ1v) is 5.92. The lowest BCUT2D eigenvalue weighted by Gasteiger charge is -2.10. The average molecular weight is 278 g/mol. The minimum Gasteiger partial charge on any atom is -0.464 e. The van der Waals surface area contributed by atoms with Crippen LogP contribution in [0.4, 0.5) is 11.5 Å². The number of para-hydroxylation sites is 1. The van der Waals surface area contributed by atoms with Gasteiger partial charge >= 0.3 is 5.97 Å². The topological polar surface area (TPSA) is 64.1 Å². The Balaban J connectivity index is 2.22. The number of halogens is 1. The third kappa shape index (κ3) is 3.00. The molecule has 19 heavy (non-hydrogen) atoms. The van der Waals surface area contributed by atoms with Gasteiger partial charge < -0.3 is 10.1 Å². The van der Waals surface area contributed by atoms with Crippen molar-refractivity contribution in [3.05, 3.63) is 46.9 Å². The molecule has 0 radical (unpaired) electrons. The van der Waals surface area contributed by atoms with Crippen LogP contribution in [-0.2, 0) is 4.74 Å². The highest BCUT2D eigenvalue weighted by atomic mass is 35.5. The number of carbonyl (C=O) groups is 1.